The van der Waals surface area contributed by atoms with Gasteiger partial charge in [0.25, 0.3) is 11.8 Å². The lowest BCUT2D eigenvalue weighted by atomic mass is 9.56. The van der Waals surface area contributed by atoms with Crippen LogP contribution < -0.4 is 15.0 Å². The summed E-state index contributed by atoms with van der Waals surface area (Å²) in [6.45, 7) is 0. The zero-order valence-corrected chi connectivity index (χ0v) is 27.6. The first-order chi connectivity index (χ1) is 22.0. The van der Waals surface area contributed by atoms with E-state index in [0.29, 0.717) is 17.0 Å². The number of imide groups is 2. The maximum Gasteiger partial charge on any atom is 0.254 e. The molecule has 4 amide bonds. The first-order valence-electron chi connectivity index (χ1n) is 14.7. The van der Waals surface area contributed by atoms with Crippen LogP contribution in [0.25, 0.3) is 0 Å². The second kappa shape index (κ2) is 11.1. The largest absolute Gasteiger partial charge is 0.508 e. The number of amides is 4. The molecule has 6 unspecified atom stereocenters. The summed E-state index contributed by atoms with van der Waals surface area (Å²) in [6, 6.07) is 21.2. The van der Waals surface area contributed by atoms with Gasteiger partial charge in [-0.15, -0.1) is 23.2 Å². The van der Waals surface area contributed by atoms with Gasteiger partial charge >= 0.3 is 0 Å². The molecule has 236 valence electrons. The number of phenolic OH excluding ortho intramolecular Hbond substituents is 1. The number of carbonyl (C=O) groups is 4. The quantitative estimate of drug-likeness (QED) is 0.138. The molecule has 2 aliphatic carbocycles. The topological polar surface area (TPSA) is 116 Å². The van der Waals surface area contributed by atoms with Crippen molar-refractivity contribution < 1.29 is 29.0 Å². The van der Waals surface area contributed by atoms with Crippen molar-refractivity contribution in [1.29, 1.82) is 0 Å². The molecule has 2 N–H and O–H groups in total. The lowest BCUT2D eigenvalue weighted by Gasteiger charge is -2.50. The Morgan fingerprint density at radius 2 is 1.63 bits per heavy atom. The normalized spacial score (nSPS) is 30.1. The molecule has 46 heavy (non-hydrogen) atoms. The highest BCUT2D eigenvalue weighted by Gasteiger charge is 2.76. The molecule has 2 aliphatic heterocycles. The Bertz CT molecular complexity index is 1820. The van der Waals surface area contributed by atoms with Gasteiger partial charge in [-0.25, -0.2) is 0 Å². The minimum Gasteiger partial charge on any atom is -0.508 e. The fraction of sp³-hybridized carbons (Fsp3) is 0.294. The number of likely N-dealkylation sites (tertiary alicyclic amines) is 1. The van der Waals surface area contributed by atoms with Gasteiger partial charge in [0.1, 0.15) is 11.5 Å². The fourth-order valence-electron chi connectivity index (χ4n) is 7.63. The van der Waals surface area contributed by atoms with Gasteiger partial charge in [-0.3, -0.25) is 29.0 Å². The van der Waals surface area contributed by atoms with Gasteiger partial charge in [-0.1, -0.05) is 51.8 Å². The lowest BCUT2D eigenvalue weighted by Crippen LogP contribution is -2.60. The number of benzene rings is 3. The molecule has 3 fully saturated rings. The number of hydrogen-bond donors (Lipinski definition) is 2. The fourth-order valence-corrected chi connectivity index (χ4v) is 9.05. The smallest absolute Gasteiger partial charge is 0.254 e. The highest BCUT2D eigenvalue weighted by molar-refractivity contribution is 9.09. The number of aromatic hydroxyl groups is 1. The van der Waals surface area contributed by atoms with Crippen molar-refractivity contribution in [3.05, 3.63) is 90.0 Å². The van der Waals surface area contributed by atoms with Crippen LogP contribution in [-0.2, 0) is 19.2 Å². The van der Waals surface area contributed by atoms with Gasteiger partial charge in [0, 0.05) is 28.9 Å². The summed E-state index contributed by atoms with van der Waals surface area (Å²) in [5.74, 6) is -5.31. The second-order valence-electron chi connectivity index (χ2n) is 12.0. The third-order valence-electron chi connectivity index (χ3n) is 9.75. The van der Waals surface area contributed by atoms with Crippen LogP contribution in [0.15, 0.2) is 84.4 Å². The third-order valence-corrected chi connectivity index (χ3v) is 11.7. The summed E-state index contributed by atoms with van der Waals surface area (Å²) >= 11 is 17.7. The number of para-hydroxylation sites is 1. The summed E-state index contributed by atoms with van der Waals surface area (Å²) in [5, 5.41) is 14.5. The van der Waals surface area contributed by atoms with Crippen LogP contribution in [0.3, 0.4) is 0 Å². The van der Waals surface area contributed by atoms with E-state index in [2.05, 4.69) is 21.2 Å². The van der Waals surface area contributed by atoms with Crippen LogP contribution in [0.5, 0.6) is 11.5 Å². The molecule has 2 heterocycles. The molecule has 6 atom stereocenters. The molecule has 7 rings (SSSR count). The second-order valence-corrected chi connectivity index (χ2v) is 13.7. The number of halogens is 3. The van der Waals surface area contributed by atoms with E-state index >= 15 is 0 Å². The molecule has 12 heteroatoms. The van der Waals surface area contributed by atoms with E-state index in [-0.39, 0.29) is 35.5 Å². The Morgan fingerprint density at radius 3 is 2.28 bits per heavy atom. The van der Waals surface area contributed by atoms with Crippen molar-refractivity contribution in [2.75, 3.05) is 22.8 Å². The van der Waals surface area contributed by atoms with Crippen molar-refractivity contribution in [3.8, 4) is 11.5 Å². The van der Waals surface area contributed by atoms with E-state index in [1.165, 1.54) is 18.1 Å². The highest BCUT2D eigenvalue weighted by Crippen LogP contribution is 2.66. The predicted octanol–water partition coefficient (Wildman–Crippen LogP) is 6.06. The number of rotatable bonds is 6. The zero-order chi connectivity index (χ0) is 32.5. The average molecular weight is 725 g/mol. The Labute approximate surface area is 283 Å². The number of methoxy groups -OCH3 is 1. The van der Waals surface area contributed by atoms with Crippen LogP contribution >= 0.6 is 39.1 Å². The maximum atomic E-state index is 14.3. The predicted molar refractivity (Wildman–Crippen MR) is 177 cm³/mol. The minimum absolute atomic E-state index is 0.134. The van der Waals surface area contributed by atoms with Crippen LogP contribution in [0.2, 0.25) is 0 Å². The molecule has 4 aliphatic rings. The van der Waals surface area contributed by atoms with Crippen molar-refractivity contribution in [2.45, 2.75) is 28.5 Å². The number of carbonyl (C=O) groups excluding carboxylic acids is 4. The van der Waals surface area contributed by atoms with E-state index in [4.69, 9.17) is 27.9 Å². The molecule has 9 nitrogen and oxygen atoms in total. The first-order valence-corrected chi connectivity index (χ1v) is 16.6. The standard InChI is InChI=1S/C34H28BrCl2N3O6/c1-46-21-11-12-23(26(41)15-21)28-22-13-14-24-27(25(22)16-33(36)31(44)39(17-35)32(45)34(28,33)37)30(43)40(29(24)42)20-9-7-19(8-10-20)38-18-5-3-2-4-6-18/h2-13,15,24-25,27-28,38,41H,14,16-17H2,1H3. The monoisotopic (exact) mass is 723 g/mol. The van der Waals surface area contributed by atoms with Crippen molar-refractivity contribution in [1.82, 2.24) is 4.90 Å². The number of alkyl halides is 3. The minimum atomic E-state index is -2.01. The summed E-state index contributed by atoms with van der Waals surface area (Å²) in [7, 11) is 1.45. The van der Waals surface area contributed by atoms with E-state index in [0.717, 1.165) is 16.3 Å². The molecule has 3 aromatic carbocycles. The number of nitrogens with one attached hydrogen (secondary N) is 1. The summed E-state index contributed by atoms with van der Waals surface area (Å²) in [4.78, 5) is 54.1. The SMILES string of the molecule is COc1ccc(C2C3=CCC4C(=O)N(c5ccc(Nc6ccccc6)cc5)C(=O)C4C3CC3(Cl)C(=O)N(CBr)C(=O)C23Cl)c(O)c1. The van der Waals surface area contributed by atoms with E-state index in [1.807, 2.05) is 36.4 Å². The average Bonchev–Trinajstić information content (AvgIpc) is 3.39. The van der Waals surface area contributed by atoms with Crippen LogP contribution in [0.1, 0.15) is 24.3 Å². The molecule has 0 bridgehead atoms. The number of allylic oxidation sites excluding steroid dienone is 2. The molecular weight excluding hydrogens is 697 g/mol. The van der Waals surface area contributed by atoms with Crippen molar-refractivity contribution >= 4 is 79.8 Å². The van der Waals surface area contributed by atoms with Gasteiger partial charge in [0.05, 0.1) is 30.1 Å². The van der Waals surface area contributed by atoms with Crippen LogP contribution in [-0.4, -0.2) is 55.9 Å². The zero-order valence-electron chi connectivity index (χ0n) is 24.5. The Kier molecular flexibility index (Phi) is 7.45. The van der Waals surface area contributed by atoms with E-state index in [1.54, 1.807) is 36.4 Å². The van der Waals surface area contributed by atoms with Crippen LogP contribution in [0.4, 0.5) is 17.1 Å². The van der Waals surface area contributed by atoms with Crippen LogP contribution in [0, 0.1) is 17.8 Å². The Hall–Kier alpha value is -3.86. The van der Waals surface area contributed by atoms with Gasteiger partial charge in [-0.2, -0.15) is 0 Å². The summed E-state index contributed by atoms with van der Waals surface area (Å²) in [6.07, 6.45) is 1.90. The molecule has 1 saturated carbocycles. The summed E-state index contributed by atoms with van der Waals surface area (Å²) in [5.41, 5.74) is 2.83. The molecule has 0 spiro atoms. The molecular formula is C34H28BrCl2N3O6. The Balaban J connectivity index is 1.28. The number of anilines is 3. The van der Waals surface area contributed by atoms with Gasteiger partial charge < -0.3 is 15.2 Å². The Morgan fingerprint density at radius 1 is 0.935 bits per heavy atom. The van der Waals surface area contributed by atoms with Gasteiger partial charge in [-0.05, 0) is 61.2 Å². The van der Waals surface area contributed by atoms with Gasteiger partial charge in [0.15, 0.2) is 9.75 Å². The third kappa shape index (κ3) is 4.26. The molecule has 2 saturated heterocycles. The lowest BCUT2D eigenvalue weighted by molar-refractivity contribution is -0.138. The molecule has 3 aromatic rings. The van der Waals surface area contributed by atoms with Crippen molar-refractivity contribution in [3.63, 3.8) is 0 Å². The van der Waals surface area contributed by atoms with E-state index < -0.39 is 51.1 Å². The number of phenols is 1. The maximum absolute atomic E-state index is 14.3. The van der Waals surface area contributed by atoms with E-state index in [9.17, 15) is 24.3 Å². The first kappa shape index (κ1) is 30.8. The molecule has 0 aromatic heterocycles. The number of ether oxygens (including phenoxy) is 1. The van der Waals surface area contributed by atoms with Gasteiger partial charge in [0.2, 0.25) is 11.8 Å². The number of hydrogen-bond acceptors (Lipinski definition) is 7. The number of fused-ring (bicyclic) bond motifs is 4. The molecule has 0 radical (unpaired) electrons. The number of nitrogens with zero attached hydrogens (tertiary/aromatic N) is 2. The highest BCUT2D eigenvalue weighted by atomic mass is 79.9. The summed E-state index contributed by atoms with van der Waals surface area (Å²) < 4.78 is 5.26. The van der Waals surface area contributed by atoms with Crippen molar-refractivity contribution in [2.24, 2.45) is 17.8 Å².